The largest absolute Gasteiger partial charge is 0.147 e. The van der Waals surface area contributed by atoms with Crippen molar-refractivity contribution in [3.05, 3.63) is 72.8 Å². The Hall–Kier alpha value is -0.647. The van der Waals surface area contributed by atoms with Crippen molar-refractivity contribution in [1.29, 1.82) is 0 Å². The molecular weight excluding hydrogens is 281 g/mol. The van der Waals surface area contributed by atoms with Crippen LogP contribution in [0, 0.1) is 0 Å². The van der Waals surface area contributed by atoms with Crippen molar-refractivity contribution in [2.75, 3.05) is 0 Å². The second kappa shape index (κ2) is 12.4. The minimum Gasteiger partial charge on any atom is -0.147 e. The molecular formula is C12H13ClRu. The van der Waals surface area contributed by atoms with Crippen molar-refractivity contribution < 1.29 is 19.5 Å². The van der Waals surface area contributed by atoms with Crippen molar-refractivity contribution in [3.63, 3.8) is 0 Å². The summed E-state index contributed by atoms with van der Waals surface area (Å²) in [5.41, 5.74) is 0. The Kier molecular flexibility index (Phi) is 13.9. The molecule has 2 aromatic rings. The predicted octanol–water partition coefficient (Wildman–Crippen LogP) is 3.79. The van der Waals surface area contributed by atoms with Crippen LogP contribution in [0.15, 0.2) is 72.8 Å². The van der Waals surface area contributed by atoms with E-state index < -0.39 is 0 Å². The van der Waals surface area contributed by atoms with E-state index in [1.54, 1.807) is 0 Å². The molecule has 0 atom stereocenters. The maximum Gasteiger partial charge on any atom is 0 e. The molecule has 0 amide bonds. The summed E-state index contributed by atoms with van der Waals surface area (Å²) < 4.78 is 0. The van der Waals surface area contributed by atoms with E-state index in [1.807, 2.05) is 72.8 Å². The fourth-order valence-corrected chi connectivity index (χ4v) is 0.770. The molecule has 14 heavy (non-hydrogen) atoms. The summed E-state index contributed by atoms with van der Waals surface area (Å²) in [7, 11) is 0. The van der Waals surface area contributed by atoms with Gasteiger partial charge in [0.25, 0.3) is 0 Å². The minimum absolute atomic E-state index is 0. The Morgan fingerprint density at radius 1 is 0.286 bits per heavy atom. The summed E-state index contributed by atoms with van der Waals surface area (Å²) in [6.45, 7) is 0. The van der Waals surface area contributed by atoms with Gasteiger partial charge in [0.2, 0.25) is 0 Å². The normalized spacial score (nSPS) is 6.86. The Labute approximate surface area is 105 Å². The molecule has 0 fully saturated rings. The molecule has 0 unspecified atom stereocenters. The summed E-state index contributed by atoms with van der Waals surface area (Å²) in [5, 5.41) is 0. The van der Waals surface area contributed by atoms with Gasteiger partial charge >= 0.3 is 0 Å². The zero-order chi connectivity index (χ0) is 8.49. The van der Waals surface area contributed by atoms with E-state index in [2.05, 4.69) is 0 Å². The smallest absolute Gasteiger partial charge is 0 e. The van der Waals surface area contributed by atoms with Crippen LogP contribution in [0.5, 0.6) is 0 Å². The van der Waals surface area contributed by atoms with Crippen molar-refractivity contribution in [1.82, 2.24) is 0 Å². The van der Waals surface area contributed by atoms with Gasteiger partial charge < -0.3 is 0 Å². The van der Waals surface area contributed by atoms with E-state index in [4.69, 9.17) is 0 Å². The maximum atomic E-state index is 2.00. The molecule has 0 aliphatic heterocycles. The van der Waals surface area contributed by atoms with Crippen molar-refractivity contribution in [2.24, 2.45) is 0 Å². The first-order valence-electron chi connectivity index (χ1n) is 4.00. The quantitative estimate of drug-likeness (QED) is 0.648. The molecule has 2 heteroatoms. The van der Waals surface area contributed by atoms with Gasteiger partial charge in [0.15, 0.2) is 0 Å². The van der Waals surface area contributed by atoms with Crippen LogP contribution >= 0.6 is 12.4 Å². The van der Waals surface area contributed by atoms with Gasteiger partial charge in [-0.05, 0) is 0 Å². The number of halogens is 1. The molecule has 0 saturated carbocycles. The second-order valence-electron chi connectivity index (χ2n) is 2.31. The molecule has 0 N–H and O–H groups in total. The Morgan fingerprint density at radius 2 is 0.357 bits per heavy atom. The fourth-order valence-electron chi connectivity index (χ4n) is 0.770. The van der Waals surface area contributed by atoms with E-state index in [0.29, 0.717) is 0 Å². The van der Waals surface area contributed by atoms with Gasteiger partial charge in [0.05, 0.1) is 0 Å². The SMILES string of the molecule is Cl.[Ru].c1ccccc1.c1ccccc1. The van der Waals surface area contributed by atoms with Gasteiger partial charge in [-0.2, -0.15) is 0 Å². The van der Waals surface area contributed by atoms with Crippen LogP contribution in [-0.4, -0.2) is 0 Å². The van der Waals surface area contributed by atoms with Gasteiger partial charge in [0.1, 0.15) is 0 Å². The van der Waals surface area contributed by atoms with Crippen molar-refractivity contribution >= 4 is 12.4 Å². The first-order valence-corrected chi connectivity index (χ1v) is 4.00. The zero-order valence-corrected chi connectivity index (χ0v) is 10.2. The molecule has 76 valence electrons. The van der Waals surface area contributed by atoms with Crippen LogP contribution in [0.25, 0.3) is 0 Å². The van der Waals surface area contributed by atoms with Crippen molar-refractivity contribution in [3.8, 4) is 0 Å². The molecule has 0 aliphatic rings. The minimum atomic E-state index is 0. The van der Waals surface area contributed by atoms with E-state index in [9.17, 15) is 0 Å². The van der Waals surface area contributed by atoms with Crippen molar-refractivity contribution in [2.45, 2.75) is 0 Å². The number of hydrogen-bond acceptors (Lipinski definition) is 0. The average Bonchev–Trinajstić information content (AvgIpc) is 2.24. The topological polar surface area (TPSA) is 0 Å². The van der Waals surface area contributed by atoms with E-state index in [1.165, 1.54) is 0 Å². The van der Waals surface area contributed by atoms with Gasteiger partial charge in [0, 0.05) is 19.5 Å². The van der Waals surface area contributed by atoms with Crippen LogP contribution in [0.3, 0.4) is 0 Å². The summed E-state index contributed by atoms with van der Waals surface area (Å²) in [6, 6.07) is 24.0. The fraction of sp³-hybridized carbons (Fsp3) is 0. The van der Waals surface area contributed by atoms with Crippen LogP contribution in [0.4, 0.5) is 0 Å². The summed E-state index contributed by atoms with van der Waals surface area (Å²) in [5.74, 6) is 0. The maximum absolute atomic E-state index is 2.00. The summed E-state index contributed by atoms with van der Waals surface area (Å²) in [6.07, 6.45) is 0. The predicted molar refractivity (Wildman–Crippen MR) is 60.1 cm³/mol. The van der Waals surface area contributed by atoms with Crippen LogP contribution in [0.2, 0.25) is 0 Å². The second-order valence-corrected chi connectivity index (χ2v) is 2.31. The number of benzene rings is 2. The first kappa shape index (κ1) is 15.8. The first-order chi connectivity index (χ1) is 6.00. The van der Waals surface area contributed by atoms with Crippen LogP contribution in [0.1, 0.15) is 0 Å². The third-order valence-corrected chi connectivity index (χ3v) is 1.33. The summed E-state index contributed by atoms with van der Waals surface area (Å²) >= 11 is 0. The molecule has 0 saturated heterocycles. The van der Waals surface area contributed by atoms with Gasteiger partial charge in [-0.1, -0.05) is 72.8 Å². The zero-order valence-electron chi connectivity index (χ0n) is 7.69. The van der Waals surface area contributed by atoms with Crippen LogP contribution < -0.4 is 0 Å². The Morgan fingerprint density at radius 3 is 0.429 bits per heavy atom. The molecule has 0 bridgehead atoms. The standard InChI is InChI=1S/2C6H6.ClH.Ru/c2*1-2-4-6-5-3-1;;/h2*1-6H;1H;. The van der Waals surface area contributed by atoms with E-state index in [0.717, 1.165) is 0 Å². The van der Waals surface area contributed by atoms with Gasteiger partial charge in [-0.15, -0.1) is 12.4 Å². The summed E-state index contributed by atoms with van der Waals surface area (Å²) in [4.78, 5) is 0. The molecule has 0 nitrogen and oxygen atoms in total. The molecule has 2 aromatic carbocycles. The number of hydrogen-bond donors (Lipinski definition) is 0. The Bertz CT molecular complexity index is 186. The molecule has 2 rings (SSSR count). The molecule has 0 heterocycles. The van der Waals surface area contributed by atoms with Gasteiger partial charge in [-0.3, -0.25) is 0 Å². The number of rotatable bonds is 0. The third kappa shape index (κ3) is 9.44. The molecule has 0 spiro atoms. The van der Waals surface area contributed by atoms with Crippen LogP contribution in [-0.2, 0) is 19.5 Å². The average molecular weight is 294 g/mol. The monoisotopic (exact) mass is 294 g/mol. The van der Waals surface area contributed by atoms with E-state index in [-0.39, 0.29) is 31.9 Å². The Balaban J connectivity index is 0. The van der Waals surface area contributed by atoms with E-state index >= 15 is 0 Å². The molecule has 0 radical (unpaired) electrons. The van der Waals surface area contributed by atoms with Gasteiger partial charge in [-0.25, -0.2) is 0 Å². The molecule has 0 aromatic heterocycles. The third-order valence-electron chi connectivity index (χ3n) is 1.33. The molecule has 0 aliphatic carbocycles.